The van der Waals surface area contributed by atoms with E-state index in [-0.39, 0.29) is 12.5 Å². The van der Waals surface area contributed by atoms with Crippen molar-refractivity contribution in [1.29, 1.82) is 0 Å². The summed E-state index contributed by atoms with van der Waals surface area (Å²) in [5.41, 5.74) is -2.52. The third-order valence-electron chi connectivity index (χ3n) is 5.40. The molecular weight excluding hydrogens is 350 g/mol. The second-order valence-electron chi connectivity index (χ2n) is 7.24. The number of carbonyl (C=O) groups excluding carboxylic acids is 1. The van der Waals surface area contributed by atoms with Gasteiger partial charge in [0, 0.05) is 12.1 Å². The first-order valence-electron chi connectivity index (χ1n) is 8.20. The van der Waals surface area contributed by atoms with E-state index in [1.54, 1.807) is 0 Å². The van der Waals surface area contributed by atoms with Crippen LogP contribution in [0.4, 0.5) is 26.3 Å². The lowest BCUT2D eigenvalue weighted by molar-refractivity contribution is -0.189. The fraction of sp³-hybridized carbons (Fsp3) is 0.812. The minimum Gasteiger partial charge on any atom is -0.354 e. The van der Waals surface area contributed by atoms with Crippen molar-refractivity contribution in [2.45, 2.75) is 51.5 Å². The fourth-order valence-electron chi connectivity index (χ4n) is 3.57. The average molecular weight is 372 g/mol. The molecule has 2 rings (SSSR count). The largest absolute Gasteiger partial charge is 0.412 e. The van der Waals surface area contributed by atoms with Gasteiger partial charge in [0.15, 0.2) is 0 Å². The van der Waals surface area contributed by atoms with Crippen LogP contribution in [0.1, 0.15) is 33.1 Å². The average Bonchev–Trinajstić information content (AvgIpc) is 2.99. The van der Waals surface area contributed by atoms with Gasteiger partial charge in [-0.3, -0.25) is 4.79 Å². The van der Waals surface area contributed by atoms with Crippen LogP contribution in [0.5, 0.6) is 0 Å². The second kappa shape index (κ2) is 6.81. The number of alkyl halides is 6. The minimum absolute atomic E-state index is 0.231. The Hall–Kier alpha value is -1.25. The van der Waals surface area contributed by atoms with E-state index in [0.29, 0.717) is 19.0 Å². The van der Waals surface area contributed by atoms with E-state index in [2.05, 4.69) is 10.6 Å². The highest BCUT2D eigenvalue weighted by Crippen LogP contribution is 2.51. The number of allylic oxidation sites excluding steroid dienone is 2. The molecule has 0 spiro atoms. The van der Waals surface area contributed by atoms with Gasteiger partial charge in [-0.05, 0) is 37.1 Å². The molecule has 1 saturated heterocycles. The molecule has 0 aromatic heterocycles. The Kier molecular flexibility index (Phi) is 5.47. The summed E-state index contributed by atoms with van der Waals surface area (Å²) in [6, 6.07) is -0.432. The van der Waals surface area contributed by atoms with Gasteiger partial charge in [0.05, 0.1) is 12.0 Å². The van der Waals surface area contributed by atoms with Gasteiger partial charge in [-0.2, -0.15) is 26.3 Å². The normalized spacial score (nSPS) is 33.9. The summed E-state index contributed by atoms with van der Waals surface area (Å²) in [6.07, 6.45) is -8.42. The van der Waals surface area contributed by atoms with Crippen LogP contribution < -0.4 is 10.6 Å². The number of hydrogen-bond acceptors (Lipinski definition) is 2. The molecule has 25 heavy (non-hydrogen) atoms. The molecule has 2 aliphatic rings. The maximum absolute atomic E-state index is 13.2. The van der Waals surface area contributed by atoms with Crippen molar-refractivity contribution in [1.82, 2.24) is 10.6 Å². The molecule has 3 unspecified atom stereocenters. The van der Waals surface area contributed by atoms with Crippen LogP contribution in [0, 0.1) is 17.3 Å². The van der Waals surface area contributed by atoms with Gasteiger partial charge in [0.2, 0.25) is 5.91 Å². The van der Waals surface area contributed by atoms with E-state index in [4.69, 9.17) is 0 Å². The Balaban J connectivity index is 2.19. The molecule has 0 bridgehead atoms. The summed E-state index contributed by atoms with van der Waals surface area (Å²) < 4.78 is 78.9. The van der Waals surface area contributed by atoms with Gasteiger partial charge in [0.1, 0.15) is 0 Å². The SMILES string of the molecule is CC1C(C(F)(F)F)C=C(C(F)(F)F)CC1(C)CNC(=O)[C@H]1CCCN1. The molecule has 1 aliphatic heterocycles. The zero-order chi connectivity index (χ0) is 19.0. The second-order valence-corrected chi connectivity index (χ2v) is 7.24. The molecule has 0 saturated carbocycles. The van der Waals surface area contributed by atoms with Crippen molar-refractivity contribution in [3.8, 4) is 0 Å². The number of amides is 1. The van der Waals surface area contributed by atoms with Gasteiger partial charge in [-0.1, -0.05) is 19.9 Å². The number of rotatable bonds is 3. The van der Waals surface area contributed by atoms with E-state index >= 15 is 0 Å². The van der Waals surface area contributed by atoms with Crippen LogP contribution in [0.15, 0.2) is 11.6 Å². The highest BCUT2D eigenvalue weighted by molar-refractivity contribution is 5.82. The van der Waals surface area contributed by atoms with Gasteiger partial charge >= 0.3 is 12.4 Å². The summed E-state index contributed by atoms with van der Waals surface area (Å²) in [6.45, 7) is 3.10. The first-order valence-corrected chi connectivity index (χ1v) is 8.20. The van der Waals surface area contributed by atoms with E-state index in [0.717, 1.165) is 6.42 Å². The molecule has 1 fully saturated rings. The van der Waals surface area contributed by atoms with Gasteiger partial charge in [-0.15, -0.1) is 0 Å². The number of carbonyl (C=O) groups is 1. The molecule has 9 heteroatoms. The van der Waals surface area contributed by atoms with Crippen LogP contribution in [0.3, 0.4) is 0 Å². The number of hydrogen-bond donors (Lipinski definition) is 2. The topological polar surface area (TPSA) is 41.1 Å². The van der Waals surface area contributed by atoms with Crippen LogP contribution in [0.2, 0.25) is 0 Å². The molecule has 1 amide bonds. The van der Waals surface area contributed by atoms with Crippen molar-refractivity contribution in [2.24, 2.45) is 17.3 Å². The third kappa shape index (κ3) is 4.48. The van der Waals surface area contributed by atoms with Gasteiger partial charge < -0.3 is 10.6 Å². The summed E-state index contributed by atoms with van der Waals surface area (Å²) >= 11 is 0. The predicted octanol–water partition coefficient (Wildman–Crippen LogP) is 3.57. The molecule has 1 aliphatic carbocycles. The minimum atomic E-state index is -4.82. The van der Waals surface area contributed by atoms with Crippen LogP contribution in [-0.4, -0.2) is 37.4 Å². The Morgan fingerprint density at radius 3 is 2.44 bits per heavy atom. The van der Waals surface area contributed by atoms with Crippen molar-refractivity contribution in [2.75, 3.05) is 13.1 Å². The highest BCUT2D eigenvalue weighted by Gasteiger charge is 2.54. The Morgan fingerprint density at radius 2 is 1.96 bits per heavy atom. The van der Waals surface area contributed by atoms with Gasteiger partial charge in [-0.25, -0.2) is 0 Å². The lowest BCUT2D eigenvalue weighted by Crippen LogP contribution is -2.50. The molecule has 3 nitrogen and oxygen atoms in total. The first-order chi connectivity index (χ1) is 11.3. The van der Waals surface area contributed by atoms with E-state index in [9.17, 15) is 31.1 Å². The molecule has 144 valence electrons. The molecule has 1 heterocycles. The quantitative estimate of drug-likeness (QED) is 0.588. The lowest BCUT2D eigenvalue weighted by Gasteiger charge is -2.44. The van der Waals surface area contributed by atoms with Crippen molar-refractivity contribution in [3.63, 3.8) is 0 Å². The Bertz CT molecular complexity index is 536. The zero-order valence-electron chi connectivity index (χ0n) is 14.0. The monoisotopic (exact) mass is 372 g/mol. The number of nitrogens with one attached hydrogen (secondary N) is 2. The fourth-order valence-corrected chi connectivity index (χ4v) is 3.57. The van der Waals surface area contributed by atoms with E-state index < -0.39 is 47.6 Å². The molecule has 0 radical (unpaired) electrons. The Morgan fingerprint density at radius 1 is 1.32 bits per heavy atom. The summed E-state index contributed by atoms with van der Waals surface area (Å²) in [5.74, 6) is -3.66. The van der Waals surface area contributed by atoms with Crippen molar-refractivity contribution < 1.29 is 31.1 Å². The van der Waals surface area contributed by atoms with E-state index in [1.807, 2.05) is 0 Å². The highest BCUT2D eigenvalue weighted by atomic mass is 19.4. The molecule has 2 N–H and O–H groups in total. The maximum atomic E-state index is 13.2. The number of halogens is 6. The molecule has 4 atom stereocenters. The third-order valence-corrected chi connectivity index (χ3v) is 5.40. The molecular formula is C16H22F6N2O. The summed E-state index contributed by atoms with van der Waals surface area (Å²) in [7, 11) is 0. The molecule has 0 aromatic carbocycles. The van der Waals surface area contributed by atoms with Crippen LogP contribution in [0.25, 0.3) is 0 Å². The van der Waals surface area contributed by atoms with Gasteiger partial charge in [0.25, 0.3) is 0 Å². The van der Waals surface area contributed by atoms with Crippen molar-refractivity contribution >= 4 is 5.91 Å². The maximum Gasteiger partial charge on any atom is 0.412 e. The van der Waals surface area contributed by atoms with Crippen LogP contribution in [-0.2, 0) is 4.79 Å². The molecule has 0 aromatic rings. The van der Waals surface area contributed by atoms with Crippen molar-refractivity contribution in [3.05, 3.63) is 11.6 Å². The summed E-state index contributed by atoms with van der Waals surface area (Å²) in [5, 5.41) is 5.50. The predicted molar refractivity (Wildman–Crippen MR) is 79.6 cm³/mol. The van der Waals surface area contributed by atoms with Crippen LogP contribution >= 0.6 is 0 Å². The Labute approximate surface area is 142 Å². The summed E-state index contributed by atoms with van der Waals surface area (Å²) in [4.78, 5) is 12.1. The first kappa shape index (κ1) is 20.1. The lowest BCUT2D eigenvalue weighted by atomic mass is 9.63. The smallest absolute Gasteiger partial charge is 0.354 e. The zero-order valence-corrected chi connectivity index (χ0v) is 14.0. The van der Waals surface area contributed by atoms with E-state index in [1.165, 1.54) is 13.8 Å². The standard InChI is InChI=1S/C16H22F6N2O/c1-9-11(16(20,21)22)6-10(15(17,18)19)7-14(9,2)8-24-13(25)12-4-3-5-23-12/h6,9,11-12,23H,3-5,7-8H2,1-2H3,(H,24,25)/t9?,11?,12-,14?/m1/s1.